The molecule has 20 heavy (non-hydrogen) atoms. The van der Waals surface area contributed by atoms with Crippen molar-refractivity contribution in [2.45, 2.75) is 32.6 Å². The number of aromatic amines is 1. The quantitative estimate of drug-likeness (QED) is 0.839. The number of rotatable bonds is 3. The van der Waals surface area contributed by atoms with Crippen molar-refractivity contribution in [2.75, 3.05) is 13.1 Å². The van der Waals surface area contributed by atoms with E-state index in [-0.39, 0.29) is 5.92 Å². The molecule has 0 aliphatic carbocycles. The van der Waals surface area contributed by atoms with E-state index in [4.69, 9.17) is 0 Å². The van der Waals surface area contributed by atoms with Crippen LogP contribution in [0.15, 0.2) is 24.4 Å². The minimum Gasteiger partial charge on any atom is -0.360 e. The molecule has 0 spiro atoms. The lowest BCUT2D eigenvalue weighted by molar-refractivity contribution is 0.0897. The Balaban J connectivity index is 1.98. The van der Waals surface area contributed by atoms with E-state index in [9.17, 15) is 4.79 Å². The first-order chi connectivity index (χ1) is 9.66. The maximum absolute atomic E-state index is 12.7. The molecular weight excluding hydrogens is 248 g/mol. The van der Waals surface area contributed by atoms with Crippen LogP contribution in [-0.4, -0.2) is 23.9 Å². The minimum absolute atomic E-state index is 0.179. The third-order valence-electron chi connectivity index (χ3n) is 4.35. The molecule has 1 aromatic heterocycles. The second kappa shape index (κ2) is 5.41. The zero-order valence-electron chi connectivity index (χ0n) is 12.2. The Morgan fingerprint density at radius 1 is 1.25 bits per heavy atom. The Labute approximate surface area is 119 Å². The molecule has 0 radical (unpaired) electrons. The highest BCUT2D eigenvalue weighted by Crippen LogP contribution is 2.27. The number of piperidine rings is 1. The van der Waals surface area contributed by atoms with Crippen molar-refractivity contribution in [2.24, 2.45) is 5.92 Å². The number of benzene rings is 1. The topological polar surface area (TPSA) is 44.9 Å². The number of aromatic nitrogens is 1. The lowest BCUT2D eigenvalue weighted by Crippen LogP contribution is -2.31. The van der Waals surface area contributed by atoms with Crippen LogP contribution in [0.5, 0.6) is 0 Å². The van der Waals surface area contributed by atoms with Crippen LogP contribution >= 0.6 is 0 Å². The smallest absolute Gasteiger partial charge is 0.168 e. The van der Waals surface area contributed by atoms with Crippen LogP contribution in [0.1, 0.15) is 48.5 Å². The molecule has 1 aliphatic rings. The summed E-state index contributed by atoms with van der Waals surface area (Å²) >= 11 is 0. The summed E-state index contributed by atoms with van der Waals surface area (Å²) in [5.41, 5.74) is 3.22. The van der Waals surface area contributed by atoms with Crippen LogP contribution in [0, 0.1) is 5.92 Å². The standard InChI is InChI=1S/C17H22N2O/c1-11(2)13-3-4-16-14(9-13)15(10-19-16)17(20)12-5-7-18-8-6-12/h3-4,9-12,18-19H,5-8H2,1-2H3. The number of hydrogen-bond donors (Lipinski definition) is 2. The van der Waals surface area contributed by atoms with Crippen molar-refractivity contribution in [3.8, 4) is 0 Å². The van der Waals surface area contributed by atoms with Gasteiger partial charge in [0.25, 0.3) is 0 Å². The van der Waals surface area contributed by atoms with Gasteiger partial charge in [-0.3, -0.25) is 4.79 Å². The number of carbonyl (C=O) groups excluding carboxylic acids is 1. The lowest BCUT2D eigenvalue weighted by atomic mass is 9.89. The summed E-state index contributed by atoms with van der Waals surface area (Å²) < 4.78 is 0. The predicted octanol–water partition coefficient (Wildman–Crippen LogP) is 3.47. The van der Waals surface area contributed by atoms with Crippen LogP contribution in [-0.2, 0) is 0 Å². The van der Waals surface area contributed by atoms with Gasteiger partial charge in [0.2, 0.25) is 0 Å². The van der Waals surface area contributed by atoms with Gasteiger partial charge in [-0.1, -0.05) is 19.9 Å². The van der Waals surface area contributed by atoms with E-state index in [2.05, 4.69) is 42.3 Å². The maximum atomic E-state index is 12.7. The minimum atomic E-state index is 0.179. The first kappa shape index (κ1) is 13.4. The van der Waals surface area contributed by atoms with Crippen molar-refractivity contribution < 1.29 is 4.79 Å². The van der Waals surface area contributed by atoms with E-state index in [1.54, 1.807) is 0 Å². The molecule has 2 heterocycles. The predicted molar refractivity (Wildman–Crippen MR) is 82.3 cm³/mol. The average Bonchev–Trinajstić information content (AvgIpc) is 2.90. The van der Waals surface area contributed by atoms with E-state index >= 15 is 0 Å². The first-order valence-corrected chi connectivity index (χ1v) is 7.53. The van der Waals surface area contributed by atoms with Gasteiger partial charge in [0.05, 0.1) is 0 Å². The molecule has 1 aliphatic heterocycles. The third kappa shape index (κ3) is 2.38. The Morgan fingerprint density at radius 2 is 2.00 bits per heavy atom. The molecule has 0 atom stereocenters. The Kier molecular flexibility index (Phi) is 3.62. The largest absolute Gasteiger partial charge is 0.360 e. The number of H-pyrrole nitrogens is 1. The molecule has 1 aromatic carbocycles. The molecule has 3 rings (SSSR count). The Hall–Kier alpha value is -1.61. The van der Waals surface area contributed by atoms with Crippen LogP contribution in [0.4, 0.5) is 0 Å². The Morgan fingerprint density at radius 3 is 2.70 bits per heavy atom. The van der Waals surface area contributed by atoms with Gasteiger partial charge >= 0.3 is 0 Å². The van der Waals surface area contributed by atoms with Crippen molar-refractivity contribution >= 4 is 16.7 Å². The second-order valence-electron chi connectivity index (χ2n) is 6.05. The number of nitrogens with one attached hydrogen (secondary N) is 2. The lowest BCUT2D eigenvalue weighted by Gasteiger charge is -2.21. The number of ketones is 1. The Bertz CT molecular complexity index is 621. The van der Waals surface area contributed by atoms with E-state index in [0.717, 1.165) is 42.4 Å². The molecule has 0 unspecified atom stereocenters. The van der Waals surface area contributed by atoms with Gasteiger partial charge in [-0.25, -0.2) is 0 Å². The molecule has 106 valence electrons. The highest BCUT2D eigenvalue weighted by atomic mass is 16.1. The zero-order valence-corrected chi connectivity index (χ0v) is 12.2. The normalized spacial score (nSPS) is 16.9. The number of carbonyl (C=O) groups is 1. The van der Waals surface area contributed by atoms with Gasteiger partial charge in [-0.2, -0.15) is 0 Å². The number of fused-ring (bicyclic) bond motifs is 1. The fraction of sp³-hybridized carbons (Fsp3) is 0.471. The van der Waals surface area contributed by atoms with Crippen molar-refractivity contribution in [3.63, 3.8) is 0 Å². The van der Waals surface area contributed by atoms with Crippen LogP contribution in [0.25, 0.3) is 10.9 Å². The summed E-state index contributed by atoms with van der Waals surface area (Å²) in [5, 5.41) is 4.40. The highest BCUT2D eigenvalue weighted by Gasteiger charge is 2.24. The first-order valence-electron chi connectivity index (χ1n) is 7.53. The molecule has 2 aromatic rings. The van der Waals surface area contributed by atoms with Crippen LogP contribution in [0.2, 0.25) is 0 Å². The van der Waals surface area contributed by atoms with E-state index in [0.29, 0.717) is 11.7 Å². The van der Waals surface area contributed by atoms with E-state index < -0.39 is 0 Å². The van der Waals surface area contributed by atoms with Crippen molar-refractivity contribution in [3.05, 3.63) is 35.5 Å². The molecule has 0 saturated carbocycles. The van der Waals surface area contributed by atoms with Gasteiger partial charge in [0, 0.05) is 28.6 Å². The number of Topliss-reactive ketones (excluding diaryl/α,β-unsaturated/α-hetero) is 1. The van der Waals surface area contributed by atoms with Gasteiger partial charge in [-0.15, -0.1) is 0 Å². The molecule has 3 heteroatoms. The molecule has 0 bridgehead atoms. The molecule has 3 nitrogen and oxygen atoms in total. The fourth-order valence-electron chi connectivity index (χ4n) is 3.01. The van der Waals surface area contributed by atoms with Crippen molar-refractivity contribution in [1.82, 2.24) is 10.3 Å². The van der Waals surface area contributed by atoms with E-state index in [1.165, 1.54) is 5.56 Å². The average molecular weight is 270 g/mol. The summed E-state index contributed by atoms with van der Waals surface area (Å²) in [5.74, 6) is 0.966. The van der Waals surface area contributed by atoms with Crippen LogP contribution < -0.4 is 5.32 Å². The van der Waals surface area contributed by atoms with E-state index in [1.807, 2.05) is 6.20 Å². The summed E-state index contributed by atoms with van der Waals surface area (Å²) in [6, 6.07) is 6.40. The summed E-state index contributed by atoms with van der Waals surface area (Å²) in [7, 11) is 0. The molecule has 1 saturated heterocycles. The summed E-state index contributed by atoms with van der Waals surface area (Å²) in [6.07, 6.45) is 3.80. The highest BCUT2D eigenvalue weighted by molar-refractivity contribution is 6.09. The fourth-order valence-corrected chi connectivity index (χ4v) is 3.01. The van der Waals surface area contributed by atoms with Crippen LogP contribution in [0.3, 0.4) is 0 Å². The van der Waals surface area contributed by atoms with Gasteiger partial charge < -0.3 is 10.3 Å². The summed E-state index contributed by atoms with van der Waals surface area (Å²) in [6.45, 7) is 6.27. The molecule has 2 N–H and O–H groups in total. The zero-order chi connectivity index (χ0) is 14.1. The number of hydrogen-bond acceptors (Lipinski definition) is 2. The second-order valence-corrected chi connectivity index (χ2v) is 6.05. The SMILES string of the molecule is CC(C)c1ccc2[nH]cc(C(=O)C3CCNCC3)c2c1. The van der Waals surface area contributed by atoms with Gasteiger partial charge in [-0.05, 0) is 49.5 Å². The molecule has 0 amide bonds. The van der Waals surface area contributed by atoms with Gasteiger partial charge in [0.1, 0.15) is 0 Å². The monoisotopic (exact) mass is 270 g/mol. The third-order valence-corrected chi connectivity index (χ3v) is 4.35. The van der Waals surface area contributed by atoms with Gasteiger partial charge in [0.15, 0.2) is 5.78 Å². The molecular formula is C17H22N2O. The summed E-state index contributed by atoms with van der Waals surface area (Å²) in [4.78, 5) is 15.9. The van der Waals surface area contributed by atoms with Crippen molar-refractivity contribution in [1.29, 1.82) is 0 Å². The maximum Gasteiger partial charge on any atom is 0.168 e. The molecule has 1 fully saturated rings.